The summed E-state index contributed by atoms with van der Waals surface area (Å²) in [6, 6.07) is 9.37. The molecule has 1 fully saturated rings. The highest BCUT2D eigenvalue weighted by molar-refractivity contribution is 7.88. The summed E-state index contributed by atoms with van der Waals surface area (Å²) in [6.45, 7) is 4.62. The van der Waals surface area contributed by atoms with Crippen molar-refractivity contribution in [3.8, 4) is 0 Å². The van der Waals surface area contributed by atoms with Crippen LogP contribution >= 0.6 is 0 Å². The highest BCUT2D eigenvalue weighted by Gasteiger charge is 2.26. The SMILES string of the molecule is CCCN(CC1CCOC1)S(=O)(=O)Cc1ccccc1. The van der Waals surface area contributed by atoms with Gasteiger partial charge in [0.2, 0.25) is 10.0 Å². The molecule has 20 heavy (non-hydrogen) atoms. The molecule has 1 atom stereocenters. The van der Waals surface area contributed by atoms with Crippen LogP contribution in [0.25, 0.3) is 0 Å². The molecule has 0 radical (unpaired) electrons. The van der Waals surface area contributed by atoms with E-state index in [-0.39, 0.29) is 5.75 Å². The third kappa shape index (κ3) is 4.30. The van der Waals surface area contributed by atoms with Gasteiger partial charge in [0.25, 0.3) is 0 Å². The molecular weight excluding hydrogens is 274 g/mol. The molecule has 0 aliphatic carbocycles. The van der Waals surface area contributed by atoms with Crippen LogP contribution in [0.2, 0.25) is 0 Å². The van der Waals surface area contributed by atoms with Gasteiger partial charge >= 0.3 is 0 Å². The minimum Gasteiger partial charge on any atom is -0.381 e. The summed E-state index contributed by atoms with van der Waals surface area (Å²) in [5.41, 5.74) is 0.844. The van der Waals surface area contributed by atoms with Crippen molar-refractivity contribution in [3.05, 3.63) is 35.9 Å². The maximum Gasteiger partial charge on any atom is 0.218 e. The first kappa shape index (κ1) is 15.5. The van der Waals surface area contributed by atoms with E-state index >= 15 is 0 Å². The van der Waals surface area contributed by atoms with Gasteiger partial charge in [0.1, 0.15) is 0 Å². The summed E-state index contributed by atoms with van der Waals surface area (Å²) in [5, 5.41) is 0. The van der Waals surface area contributed by atoms with E-state index in [1.807, 2.05) is 37.3 Å². The lowest BCUT2D eigenvalue weighted by molar-refractivity contribution is 0.180. The first-order valence-electron chi connectivity index (χ1n) is 7.21. The predicted molar refractivity (Wildman–Crippen MR) is 79.9 cm³/mol. The zero-order valence-corrected chi connectivity index (χ0v) is 12.8. The average molecular weight is 297 g/mol. The quantitative estimate of drug-likeness (QED) is 0.775. The number of sulfonamides is 1. The van der Waals surface area contributed by atoms with Crippen molar-refractivity contribution in [1.82, 2.24) is 4.31 Å². The maximum atomic E-state index is 12.6. The Kier molecular flexibility index (Phi) is 5.57. The lowest BCUT2D eigenvalue weighted by atomic mass is 10.1. The van der Waals surface area contributed by atoms with Gasteiger partial charge in [-0.25, -0.2) is 12.7 Å². The number of benzene rings is 1. The van der Waals surface area contributed by atoms with Crippen molar-refractivity contribution in [2.75, 3.05) is 26.3 Å². The molecule has 1 heterocycles. The minimum absolute atomic E-state index is 0.0847. The Bertz CT molecular complexity index is 495. The fraction of sp³-hybridized carbons (Fsp3) is 0.600. The second-order valence-electron chi connectivity index (χ2n) is 5.33. The molecule has 4 nitrogen and oxygen atoms in total. The molecule has 2 rings (SSSR count). The second-order valence-corrected chi connectivity index (χ2v) is 7.30. The first-order chi connectivity index (χ1) is 9.62. The van der Waals surface area contributed by atoms with Gasteiger partial charge in [-0.15, -0.1) is 0 Å². The van der Waals surface area contributed by atoms with Gasteiger partial charge in [0, 0.05) is 19.7 Å². The van der Waals surface area contributed by atoms with E-state index in [0.717, 1.165) is 25.0 Å². The number of nitrogens with zero attached hydrogens (tertiary/aromatic N) is 1. The fourth-order valence-corrected chi connectivity index (χ4v) is 4.18. The molecule has 0 N–H and O–H groups in total. The minimum atomic E-state index is -3.25. The topological polar surface area (TPSA) is 46.6 Å². The molecule has 0 saturated carbocycles. The molecule has 0 aromatic heterocycles. The van der Waals surface area contributed by atoms with Gasteiger partial charge in [-0.1, -0.05) is 37.3 Å². The molecule has 1 aromatic carbocycles. The van der Waals surface area contributed by atoms with Crippen LogP contribution in [0.3, 0.4) is 0 Å². The Morgan fingerprint density at radius 3 is 2.65 bits per heavy atom. The Morgan fingerprint density at radius 2 is 2.05 bits per heavy atom. The van der Waals surface area contributed by atoms with E-state index in [4.69, 9.17) is 4.74 Å². The number of hydrogen-bond donors (Lipinski definition) is 0. The summed E-state index contributed by atoms with van der Waals surface area (Å²) in [4.78, 5) is 0. The third-order valence-electron chi connectivity index (χ3n) is 3.54. The molecule has 1 aromatic rings. The van der Waals surface area contributed by atoms with E-state index < -0.39 is 10.0 Å². The van der Waals surface area contributed by atoms with Gasteiger partial charge in [0.05, 0.1) is 12.4 Å². The van der Waals surface area contributed by atoms with Crippen LogP contribution in [0, 0.1) is 5.92 Å². The van der Waals surface area contributed by atoms with Crippen molar-refractivity contribution >= 4 is 10.0 Å². The monoisotopic (exact) mass is 297 g/mol. The highest BCUT2D eigenvalue weighted by atomic mass is 32.2. The van der Waals surface area contributed by atoms with E-state index in [2.05, 4.69) is 0 Å². The van der Waals surface area contributed by atoms with E-state index in [0.29, 0.717) is 25.6 Å². The summed E-state index contributed by atoms with van der Waals surface area (Å²) < 4.78 is 32.1. The number of ether oxygens (including phenoxy) is 1. The van der Waals surface area contributed by atoms with Crippen LogP contribution < -0.4 is 0 Å². The summed E-state index contributed by atoms with van der Waals surface area (Å²) in [7, 11) is -3.25. The second kappa shape index (κ2) is 7.20. The van der Waals surface area contributed by atoms with Crippen LogP contribution in [0.5, 0.6) is 0 Å². The van der Waals surface area contributed by atoms with Gasteiger partial charge in [-0.2, -0.15) is 0 Å². The molecule has 0 amide bonds. The van der Waals surface area contributed by atoms with Gasteiger partial charge in [-0.05, 0) is 24.3 Å². The molecule has 1 saturated heterocycles. The molecule has 112 valence electrons. The predicted octanol–water partition coefficient (Wildman–Crippen LogP) is 2.26. The Balaban J connectivity index is 2.05. The van der Waals surface area contributed by atoms with E-state index in [1.165, 1.54) is 0 Å². The highest BCUT2D eigenvalue weighted by Crippen LogP contribution is 2.18. The largest absolute Gasteiger partial charge is 0.381 e. The van der Waals surface area contributed by atoms with Crippen LogP contribution in [0.4, 0.5) is 0 Å². The fourth-order valence-electron chi connectivity index (χ4n) is 2.48. The van der Waals surface area contributed by atoms with Crippen LogP contribution in [0.1, 0.15) is 25.3 Å². The average Bonchev–Trinajstić information content (AvgIpc) is 2.92. The summed E-state index contributed by atoms with van der Waals surface area (Å²) in [5.74, 6) is 0.425. The molecule has 1 aliphatic rings. The van der Waals surface area contributed by atoms with Crippen LogP contribution in [0.15, 0.2) is 30.3 Å². The van der Waals surface area contributed by atoms with Gasteiger partial charge in [-0.3, -0.25) is 0 Å². The third-order valence-corrected chi connectivity index (χ3v) is 5.36. The van der Waals surface area contributed by atoms with Crippen molar-refractivity contribution in [2.45, 2.75) is 25.5 Å². The molecule has 1 aliphatic heterocycles. The Hall–Kier alpha value is -0.910. The van der Waals surface area contributed by atoms with E-state index in [1.54, 1.807) is 4.31 Å². The van der Waals surface area contributed by atoms with Crippen molar-refractivity contribution in [3.63, 3.8) is 0 Å². The molecule has 0 spiro atoms. The van der Waals surface area contributed by atoms with Crippen molar-refractivity contribution in [1.29, 1.82) is 0 Å². The molecular formula is C15H23NO3S. The standard InChI is InChI=1S/C15H23NO3S/c1-2-9-16(11-15-8-10-19-12-15)20(17,18)13-14-6-4-3-5-7-14/h3-7,15H,2,8-13H2,1H3. The normalized spacial score (nSPS) is 19.6. The van der Waals surface area contributed by atoms with Crippen molar-refractivity contribution in [2.24, 2.45) is 5.92 Å². The van der Waals surface area contributed by atoms with Crippen molar-refractivity contribution < 1.29 is 13.2 Å². The summed E-state index contributed by atoms with van der Waals surface area (Å²) in [6.07, 6.45) is 1.79. The zero-order chi connectivity index (χ0) is 14.4. The van der Waals surface area contributed by atoms with Crippen LogP contribution in [-0.4, -0.2) is 39.0 Å². The first-order valence-corrected chi connectivity index (χ1v) is 8.82. The van der Waals surface area contributed by atoms with Crippen LogP contribution in [-0.2, 0) is 20.5 Å². The zero-order valence-electron chi connectivity index (χ0n) is 12.0. The van der Waals surface area contributed by atoms with Gasteiger partial charge < -0.3 is 4.74 Å². The van der Waals surface area contributed by atoms with Gasteiger partial charge in [0.15, 0.2) is 0 Å². The lowest BCUT2D eigenvalue weighted by Crippen LogP contribution is -2.37. The lowest BCUT2D eigenvalue weighted by Gasteiger charge is -2.24. The molecule has 5 heteroatoms. The summed E-state index contributed by atoms with van der Waals surface area (Å²) >= 11 is 0. The number of rotatable bonds is 7. The maximum absolute atomic E-state index is 12.6. The Labute approximate surface area is 121 Å². The Morgan fingerprint density at radius 1 is 1.30 bits per heavy atom. The molecule has 1 unspecified atom stereocenters. The van der Waals surface area contributed by atoms with E-state index in [9.17, 15) is 8.42 Å². The smallest absolute Gasteiger partial charge is 0.218 e. The molecule has 0 bridgehead atoms. The number of hydrogen-bond acceptors (Lipinski definition) is 3.